The van der Waals surface area contributed by atoms with Gasteiger partial charge in [-0.1, -0.05) is 18.2 Å². The van der Waals surface area contributed by atoms with E-state index < -0.39 is 46.8 Å². The molecule has 2 aliphatic heterocycles. The average molecular weight is 406 g/mol. The normalized spacial score (nSPS) is 47.8. The van der Waals surface area contributed by atoms with Gasteiger partial charge in [-0.3, -0.25) is 0 Å². The summed E-state index contributed by atoms with van der Waals surface area (Å²) in [6.45, 7) is 9.09. The van der Waals surface area contributed by atoms with Gasteiger partial charge in [0.15, 0.2) is 5.79 Å². The third-order valence-corrected chi connectivity index (χ3v) is 7.28. The maximum absolute atomic E-state index is 12.8. The third kappa shape index (κ3) is 2.72. The highest BCUT2D eigenvalue weighted by atomic mass is 16.6. The summed E-state index contributed by atoms with van der Waals surface area (Å²) in [6, 6.07) is 0. The molecule has 2 fully saturated rings. The average Bonchev–Trinajstić information content (AvgIpc) is 3.01. The highest BCUT2D eigenvalue weighted by Crippen LogP contribution is 2.65. The lowest BCUT2D eigenvalue weighted by Gasteiger charge is -2.56. The molecule has 0 amide bonds. The van der Waals surface area contributed by atoms with Gasteiger partial charge in [-0.2, -0.15) is 0 Å². The Kier molecular flexibility index (Phi) is 4.65. The van der Waals surface area contributed by atoms with Crippen LogP contribution in [0.3, 0.4) is 0 Å². The van der Waals surface area contributed by atoms with E-state index in [1.807, 2.05) is 6.92 Å². The maximum Gasteiger partial charge on any atom is 0.334 e. The summed E-state index contributed by atoms with van der Waals surface area (Å²) >= 11 is 0. The Balaban J connectivity index is 1.96. The van der Waals surface area contributed by atoms with Gasteiger partial charge in [0.1, 0.15) is 5.60 Å². The molecule has 7 heteroatoms. The Morgan fingerprint density at radius 3 is 2.66 bits per heavy atom. The summed E-state index contributed by atoms with van der Waals surface area (Å²) in [4.78, 5) is 12.8. The van der Waals surface area contributed by atoms with Crippen LogP contribution in [0.4, 0.5) is 0 Å². The van der Waals surface area contributed by atoms with Crippen LogP contribution < -0.4 is 0 Å². The lowest BCUT2D eigenvalue weighted by atomic mass is 9.57. The van der Waals surface area contributed by atoms with Crippen LogP contribution in [-0.2, 0) is 14.3 Å². The first-order valence-electron chi connectivity index (χ1n) is 10.2. The summed E-state index contributed by atoms with van der Waals surface area (Å²) in [5.74, 6) is -4.23. The number of aliphatic hydroxyl groups excluding tert-OH is 2. The minimum absolute atomic E-state index is 0.0649. The zero-order valence-corrected chi connectivity index (χ0v) is 17.1. The van der Waals surface area contributed by atoms with Crippen molar-refractivity contribution in [2.45, 2.75) is 56.7 Å². The lowest BCUT2D eigenvalue weighted by Crippen LogP contribution is -2.63. The van der Waals surface area contributed by atoms with E-state index in [4.69, 9.17) is 9.47 Å². The van der Waals surface area contributed by atoms with E-state index in [0.29, 0.717) is 11.1 Å². The predicted molar refractivity (Wildman–Crippen MR) is 103 cm³/mol. The molecule has 2 aliphatic carbocycles. The number of carbonyl (C=O) groups is 1. The van der Waals surface area contributed by atoms with Crippen LogP contribution >= 0.6 is 0 Å². The molecule has 4 aliphatic rings. The number of esters is 1. The minimum atomic E-state index is -1.67. The van der Waals surface area contributed by atoms with Crippen LogP contribution in [0.15, 0.2) is 35.5 Å². The van der Waals surface area contributed by atoms with Crippen molar-refractivity contribution in [3.05, 3.63) is 35.5 Å². The molecule has 1 spiro atoms. The first-order chi connectivity index (χ1) is 13.5. The van der Waals surface area contributed by atoms with Gasteiger partial charge in [0, 0.05) is 41.7 Å². The smallest absolute Gasteiger partial charge is 0.334 e. The number of aliphatic hydroxyl groups is 4. The van der Waals surface area contributed by atoms with Crippen molar-refractivity contribution in [1.82, 2.24) is 0 Å². The van der Waals surface area contributed by atoms with Crippen LogP contribution in [0, 0.1) is 23.7 Å². The first-order valence-corrected chi connectivity index (χ1v) is 10.2. The lowest BCUT2D eigenvalue weighted by molar-refractivity contribution is -0.292. The van der Waals surface area contributed by atoms with Gasteiger partial charge in [0.25, 0.3) is 0 Å². The maximum atomic E-state index is 12.8. The molecule has 2 bridgehead atoms. The molecule has 4 N–H and O–H groups in total. The van der Waals surface area contributed by atoms with Crippen molar-refractivity contribution >= 4 is 5.97 Å². The molecule has 0 aromatic rings. The number of carbonyl (C=O) groups excluding carboxylic acids is 1. The van der Waals surface area contributed by atoms with Crippen molar-refractivity contribution in [2.75, 3.05) is 13.2 Å². The molecular weight excluding hydrogens is 376 g/mol. The van der Waals surface area contributed by atoms with Crippen LogP contribution in [0.2, 0.25) is 0 Å². The van der Waals surface area contributed by atoms with E-state index in [0.717, 1.165) is 5.57 Å². The molecule has 0 unspecified atom stereocenters. The molecule has 4 rings (SSSR count). The zero-order chi connectivity index (χ0) is 21.4. The molecular formula is C22H30O7. The van der Waals surface area contributed by atoms with Gasteiger partial charge >= 0.3 is 5.97 Å². The molecule has 1 saturated carbocycles. The Morgan fingerprint density at radius 2 is 2.07 bits per heavy atom. The molecule has 29 heavy (non-hydrogen) atoms. The van der Waals surface area contributed by atoms with Crippen LogP contribution in [0.25, 0.3) is 0 Å². The summed E-state index contributed by atoms with van der Waals surface area (Å²) < 4.78 is 11.5. The highest BCUT2D eigenvalue weighted by molar-refractivity contribution is 5.90. The predicted octanol–water partition coefficient (Wildman–Crippen LogP) is 0.826. The number of hydrogen-bond donors (Lipinski definition) is 4. The standard InChI is InChI=1S/C22H30O7/c1-5-28-19(25)13-6-15-14(11(2)3)8-22(27)12(10-23)7-21(15,29-22)18-17(13)16(24)9-20(18,4)26/h6-7,14-18,23-24,26-27H,2,5,8-10H2,1,3-4H3/t14-,15-,16+,17+,18+,20+,21-,22-/m0/s1. The molecule has 1 saturated heterocycles. The number of rotatable bonds is 4. The monoisotopic (exact) mass is 406 g/mol. The number of allylic oxidation sites excluding steroid dienone is 1. The van der Waals surface area contributed by atoms with Gasteiger partial charge in [0.05, 0.1) is 24.9 Å². The molecule has 0 aromatic heterocycles. The largest absolute Gasteiger partial charge is 0.463 e. The summed E-state index contributed by atoms with van der Waals surface area (Å²) in [5.41, 5.74) is -1.03. The fraction of sp³-hybridized carbons (Fsp3) is 0.682. The Morgan fingerprint density at radius 1 is 1.38 bits per heavy atom. The van der Waals surface area contributed by atoms with Crippen LogP contribution in [0.1, 0.15) is 33.6 Å². The summed E-state index contributed by atoms with van der Waals surface area (Å²) in [6.07, 6.45) is 2.78. The Bertz CT molecular complexity index is 812. The van der Waals surface area contributed by atoms with Crippen LogP contribution in [0.5, 0.6) is 0 Å². The number of ether oxygens (including phenoxy) is 2. The van der Waals surface area contributed by atoms with Crippen molar-refractivity contribution in [2.24, 2.45) is 23.7 Å². The molecule has 0 aromatic carbocycles. The van der Waals surface area contributed by atoms with Crippen molar-refractivity contribution in [3.8, 4) is 0 Å². The second-order valence-corrected chi connectivity index (χ2v) is 9.23. The van der Waals surface area contributed by atoms with Crippen molar-refractivity contribution in [1.29, 1.82) is 0 Å². The second kappa shape index (κ2) is 6.49. The van der Waals surface area contributed by atoms with Gasteiger partial charge in [-0.15, -0.1) is 0 Å². The molecule has 8 atom stereocenters. The molecule has 7 nitrogen and oxygen atoms in total. The quantitative estimate of drug-likeness (QED) is 0.404. The van der Waals surface area contributed by atoms with Gasteiger partial charge in [-0.25, -0.2) is 4.79 Å². The van der Waals surface area contributed by atoms with E-state index in [9.17, 15) is 25.2 Å². The zero-order valence-electron chi connectivity index (χ0n) is 17.1. The van der Waals surface area contributed by atoms with Crippen molar-refractivity contribution < 1.29 is 34.7 Å². The highest BCUT2D eigenvalue weighted by Gasteiger charge is 2.71. The third-order valence-electron chi connectivity index (χ3n) is 7.28. The topological polar surface area (TPSA) is 116 Å². The van der Waals surface area contributed by atoms with E-state index in [1.54, 1.807) is 26.0 Å². The van der Waals surface area contributed by atoms with E-state index in [1.165, 1.54) is 0 Å². The SMILES string of the molecule is C=C(C)[C@@H]1C[C@]2(O)O[C@@]3(C=C2CO)[C@H]1C=C(C(=O)OCC)[C@@H]1[C@H](O)C[C@@](C)(O)[C@@H]13. The molecule has 0 radical (unpaired) electrons. The first kappa shape index (κ1) is 20.8. The fourth-order valence-corrected chi connectivity index (χ4v) is 6.27. The summed E-state index contributed by atoms with van der Waals surface area (Å²) in [5, 5.41) is 43.2. The molecule has 2 heterocycles. The number of fused-ring (bicyclic) bond motifs is 2. The Hall–Kier alpha value is -1.51. The number of hydrogen-bond acceptors (Lipinski definition) is 7. The Labute approximate surface area is 170 Å². The van der Waals surface area contributed by atoms with E-state index in [-0.39, 0.29) is 32.0 Å². The fourth-order valence-electron chi connectivity index (χ4n) is 6.27. The van der Waals surface area contributed by atoms with Crippen molar-refractivity contribution in [3.63, 3.8) is 0 Å². The van der Waals surface area contributed by atoms with Crippen LogP contribution in [-0.4, -0.2) is 62.7 Å². The second-order valence-electron chi connectivity index (χ2n) is 9.23. The summed E-state index contributed by atoms with van der Waals surface area (Å²) in [7, 11) is 0. The van der Waals surface area contributed by atoms with E-state index >= 15 is 0 Å². The van der Waals surface area contributed by atoms with Gasteiger partial charge in [-0.05, 0) is 32.8 Å². The minimum Gasteiger partial charge on any atom is -0.463 e. The van der Waals surface area contributed by atoms with Gasteiger partial charge in [0.2, 0.25) is 0 Å². The molecule has 160 valence electrons. The van der Waals surface area contributed by atoms with Gasteiger partial charge < -0.3 is 29.9 Å². The van der Waals surface area contributed by atoms with E-state index in [2.05, 4.69) is 6.58 Å².